The van der Waals surface area contributed by atoms with E-state index >= 15 is 0 Å². The van der Waals surface area contributed by atoms with Crippen LogP contribution in [-0.2, 0) is 11.3 Å². The maximum atomic E-state index is 13.3. The average Bonchev–Trinajstić information content (AvgIpc) is 3.46. The number of carbonyl (C=O) groups excluding carboxylic acids is 1. The Morgan fingerprint density at radius 1 is 1.16 bits per heavy atom. The molecule has 1 aromatic heterocycles. The summed E-state index contributed by atoms with van der Waals surface area (Å²) in [6.07, 6.45) is 7.94. The molecule has 0 unspecified atom stereocenters. The van der Waals surface area contributed by atoms with E-state index in [1.165, 1.54) is 0 Å². The fourth-order valence-electron chi connectivity index (χ4n) is 4.66. The number of rotatable bonds is 5. The minimum Gasteiger partial charge on any atom is -0.488 e. The second kappa shape index (κ2) is 8.96. The monoisotopic (exact) mass is 451 g/mol. The molecular formula is C25H26ClN3O3. The largest absolute Gasteiger partial charge is 0.488 e. The summed E-state index contributed by atoms with van der Waals surface area (Å²) in [7, 11) is 0. The second-order valence-corrected chi connectivity index (χ2v) is 9.01. The van der Waals surface area contributed by atoms with Crippen LogP contribution in [0.4, 0.5) is 0 Å². The van der Waals surface area contributed by atoms with Gasteiger partial charge in [-0.15, -0.1) is 0 Å². The molecule has 2 saturated heterocycles. The molecule has 0 radical (unpaired) electrons. The first kappa shape index (κ1) is 21.0. The fraction of sp³-hybridized carbons (Fsp3) is 0.360. The van der Waals surface area contributed by atoms with E-state index in [4.69, 9.17) is 21.1 Å². The molecule has 2 aromatic carbocycles. The number of hydrogen-bond donors (Lipinski definition) is 0. The minimum absolute atomic E-state index is 0.0225. The van der Waals surface area contributed by atoms with E-state index in [1.807, 2.05) is 64.2 Å². The zero-order valence-electron chi connectivity index (χ0n) is 17.8. The number of likely N-dealkylation sites (tertiary alicyclic amines) is 1. The number of amides is 1. The molecule has 1 atom stereocenters. The maximum absolute atomic E-state index is 13.3. The van der Waals surface area contributed by atoms with Crippen LogP contribution in [-0.4, -0.2) is 51.8 Å². The maximum Gasteiger partial charge on any atom is 0.254 e. The van der Waals surface area contributed by atoms with Crippen LogP contribution < -0.4 is 4.74 Å². The van der Waals surface area contributed by atoms with Crippen molar-refractivity contribution < 1.29 is 14.3 Å². The lowest BCUT2D eigenvalue weighted by Gasteiger charge is -2.38. The summed E-state index contributed by atoms with van der Waals surface area (Å²) in [5.41, 5.74) is 1.56. The summed E-state index contributed by atoms with van der Waals surface area (Å²) in [6.45, 7) is 2.58. The SMILES string of the molecule is O=C(c1ccccc1Cn1ccnc1)N1CCC2(CC1)C[C@H](Oc1ccc(Cl)cc1)CO2. The van der Waals surface area contributed by atoms with Crippen molar-refractivity contribution in [1.82, 2.24) is 14.5 Å². The van der Waals surface area contributed by atoms with Crippen molar-refractivity contribution in [3.8, 4) is 5.75 Å². The van der Waals surface area contributed by atoms with E-state index < -0.39 is 0 Å². The standard InChI is InChI=1S/C25H26ClN3O3/c26-20-5-7-21(8-6-20)32-22-15-25(31-17-22)9-12-29(13-10-25)24(30)23-4-2-1-3-19(23)16-28-14-11-27-18-28/h1-8,11,14,18,22H,9-10,12-13,15-17H2/t22-/m0/s1. The summed E-state index contributed by atoms with van der Waals surface area (Å²) in [4.78, 5) is 19.4. The molecule has 0 N–H and O–H groups in total. The minimum atomic E-state index is -0.204. The lowest BCUT2D eigenvalue weighted by atomic mass is 9.87. The Bertz CT molecular complexity index is 1060. The Kier molecular flexibility index (Phi) is 5.89. The number of halogens is 1. The van der Waals surface area contributed by atoms with Gasteiger partial charge in [0, 0.05) is 49.0 Å². The molecule has 3 heterocycles. The molecule has 32 heavy (non-hydrogen) atoms. The van der Waals surface area contributed by atoms with E-state index in [0.29, 0.717) is 31.3 Å². The number of piperidine rings is 1. The third kappa shape index (κ3) is 4.52. The van der Waals surface area contributed by atoms with Crippen molar-refractivity contribution in [3.63, 3.8) is 0 Å². The van der Waals surface area contributed by atoms with E-state index in [-0.39, 0.29) is 17.6 Å². The highest BCUT2D eigenvalue weighted by atomic mass is 35.5. The van der Waals surface area contributed by atoms with Gasteiger partial charge < -0.3 is 18.9 Å². The van der Waals surface area contributed by atoms with Crippen molar-refractivity contribution in [1.29, 1.82) is 0 Å². The summed E-state index contributed by atoms with van der Waals surface area (Å²) >= 11 is 5.96. The molecule has 2 fully saturated rings. The Morgan fingerprint density at radius 3 is 2.69 bits per heavy atom. The number of carbonyl (C=O) groups is 1. The average molecular weight is 452 g/mol. The molecule has 5 rings (SSSR count). The lowest BCUT2D eigenvalue weighted by molar-refractivity contribution is -0.0395. The van der Waals surface area contributed by atoms with Gasteiger partial charge in [0.2, 0.25) is 0 Å². The summed E-state index contributed by atoms with van der Waals surface area (Å²) in [5, 5.41) is 0.695. The molecule has 0 aliphatic carbocycles. The van der Waals surface area contributed by atoms with Crippen LogP contribution in [0, 0.1) is 0 Å². The molecule has 0 saturated carbocycles. The van der Waals surface area contributed by atoms with Gasteiger partial charge in [-0.05, 0) is 48.7 Å². The highest BCUT2D eigenvalue weighted by Gasteiger charge is 2.44. The smallest absolute Gasteiger partial charge is 0.254 e. The van der Waals surface area contributed by atoms with Crippen molar-refractivity contribution in [2.45, 2.75) is 37.5 Å². The molecule has 7 heteroatoms. The van der Waals surface area contributed by atoms with Crippen molar-refractivity contribution >= 4 is 17.5 Å². The van der Waals surface area contributed by atoms with Crippen molar-refractivity contribution in [2.24, 2.45) is 0 Å². The quantitative estimate of drug-likeness (QED) is 0.576. The van der Waals surface area contributed by atoms with Crippen LogP contribution in [0.15, 0.2) is 67.3 Å². The number of hydrogen-bond acceptors (Lipinski definition) is 4. The molecule has 1 spiro atoms. The third-order valence-corrected chi connectivity index (χ3v) is 6.67. The number of aromatic nitrogens is 2. The Hall–Kier alpha value is -2.83. The first-order valence-electron chi connectivity index (χ1n) is 11.0. The molecule has 3 aromatic rings. The van der Waals surface area contributed by atoms with Crippen LogP contribution in [0.25, 0.3) is 0 Å². The molecule has 166 valence electrons. The lowest BCUT2D eigenvalue weighted by Crippen LogP contribution is -2.46. The summed E-state index contributed by atoms with van der Waals surface area (Å²) in [5.74, 6) is 0.893. The molecular weight excluding hydrogens is 426 g/mol. The van der Waals surface area contributed by atoms with Gasteiger partial charge in [-0.25, -0.2) is 4.98 Å². The van der Waals surface area contributed by atoms with Crippen LogP contribution >= 0.6 is 11.6 Å². The first-order valence-corrected chi connectivity index (χ1v) is 11.4. The zero-order chi connectivity index (χ0) is 22.0. The fourth-order valence-corrected chi connectivity index (χ4v) is 4.79. The summed E-state index contributed by atoms with van der Waals surface area (Å²) < 4.78 is 14.3. The van der Waals surface area contributed by atoms with Crippen molar-refractivity contribution in [3.05, 3.63) is 83.4 Å². The zero-order valence-corrected chi connectivity index (χ0v) is 18.6. The summed E-state index contributed by atoms with van der Waals surface area (Å²) in [6, 6.07) is 15.3. The van der Waals surface area contributed by atoms with Gasteiger partial charge in [-0.1, -0.05) is 29.8 Å². The molecule has 1 amide bonds. The Morgan fingerprint density at radius 2 is 1.94 bits per heavy atom. The van der Waals surface area contributed by atoms with Gasteiger partial charge in [0.25, 0.3) is 5.91 Å². The van der Waals surface area contributed by atoms with Gasteiger partial charge in [-0.2, -0.15) is 0 Å². The number of imidazole rings is 1. The Labute approximate surface area is 192 Å². The highest BCUT2D eigenvalue weighted by molar-refractivity contribution is 6.30. The molecule has 2 aliphatic rings. The van der Waals surface area contributed by atoms with Gasteiger partial charge in [0.1, 0.15) is 11.9 Å². The van der Waals surface area contributed by atoms with Crippen LogP contribution in [0.3, 0.4) is 0 Å². The third-order valence-electron chi connectivity index (χ3n) is 6.41. The Balaban J connectivity index is 1.20. The van der Waals surface area contributed by atoms with Crippen LogP contribution in [0.2, 0.25) is 5.02 Å². The number of nitrogens with zero attached hydrogens (tertiary/aromatic N) is 3. The first-order chi connectivity index (χ1) is 15.6. The van der Waals surface area contributed by atoms with Gasteiger partial charge in [0.15, 0.2) is 0 Å². The van der Waals surface area contributed by atoms with Crippen LogP contribution in [0.5, 0.6) is 5.75 Å². The van der Waals surface area contributed by atoms with Gasteiger partial charge in [-0.3, -0.25) is 4.79 Å². The number of benzene rings is 2. The van der Waals surface area contributed by atoms with E-state index in [1.54, 1.807) is 12.5 Å². The van der Waals surface area contributed by atoms with Crippen LogP contribution in [0.1, 0.15) is 35.2 Å². The predicted molar refractivity (Wildman–Crippen MR) is 122 cm³/mol. The molecule has 2 aliphatic heterocycles. The predicted octanol–water partition coefficient (Wildman–Crippen LogP) is 4.43. The van der Waals surface area contributed by atoms with Crippen molar-refractivity contribution in [2.75, 3.05) is 19.7 Å². The van der Waals surface area contributed by atoms with E-state index in [0.717, 1.165) is 36.1 Å². The topological polar surface area (TPSA) is 56.6 Å². The number of ether oxygens (including phenoxy) is 2. The second-order valence-electron chi connectivity index (χ2n) is 8.58. The van der Waals surface area contributed by atoms with E-state index in [2.05, 4.69) is 4.98 Å². The van der Waals surface area contributed by atoms with E-state index in [9.17, 15) is 4.79 Å². The van der Waals surface area contributed by atoms with Gasteiger partial charge in [0.05, 0.1) is 18.5 Å². The molecule has 0 bridgehead atoms. The highest BCUT2D eigenvalue weighted by Crippen LogP contribution is 2.38. The normalized spacial score (nSPS) is 19.9. The van der Waals surface area contributed by atoms with Gasteiger partial charge >= 0.3 is 0 Å². The molecule has 6 nitrogen and oxygen atoms in total.